The lowest BCUT2D eigenvalue weighted by atomic mass is 10.1. The van der Waals surface area contributed by atoms with Gasteiger partial charge in [0.1, 0.15) is 5.82 Å². The molecule has 0 aliphatic heterocycles. The predicted molar refractivity (Wildman–Crippen MR) is 99.5 cm³/mol. The minimum Gasteiger partial charge on any atom is -0.395 e. The van der Waals surface area contributed by atoms with Crippen molar-refractivity contribution >= 4 is 21.8 Å². The van der Waals surface area contributed by atoms with Crippen LogP contribution in [0.15, 0.2) is 46.9 Å². The standard InChI is InChI=1S/C19H22BrFN2O2/c1-14-2-4-15(5-3-14)11-22-19(25)13-23(8-9-24)12-16-10-17(20)6-7-18(16)21/h2-7,10,24H,8-9,11-13H2,1H3,(H,22,25). The summed E-state index contributed by atoms with van der Waals surface area (Å²) in [5, 5.41) is 12.1. The Bertz CT molecular complexity index is 707. The molecule has 2 rings (SSSR count). The SMILES string of the molecule is Cc1ccc(CNC(=O)CN(CCO)Cc2cc(Br)ccc2F)cc1. The maximum absolute atomic E-state index is 13.9. The van der Waals surface area contributed by atoms with Crippen LogP contribution in [-0.2, 0) is 17.9 Å². The molecule has 2 aromatic rings. The van der Waals surface area contributed by atoms with Gasteiger partial charge in [-0.1, -0.05) is 45.8 Å². The van der Waals surface area contributed by atoms with Crippen molar-refractivity contribution in [3.63, 3.8) is 0 Å². The van der Waals surface area contributed by atoms with E-state index in [4.69, 9.17) is 0 Å². The number of rotatable bonds is 8. The summed E-state index contributed by atoms with van der Waals surface area (Å²) in [7, 11) is 0. The lowest BCUT2D eigenvalue weighted by molar-refractivity contribution is -0.122. The molecule has 0 spiro atoms. The molecule has 0 aliphatic rings. The maximum Gasteiger partial charge on any atom is 0.234 e. The minimum atomic E-state index is -0.328. The smallest absolute Gasteiger partial charge is 0.234 e. The van der Waals surface area contributed by atoms with Gasteiger partial charge in [-0.25, -0.2) is 4.39 Å². The van der Waals surface area contributed by atoms with Crippen molar-refractivity contribution in [1.82, 2.24) is 10.2 Å². The molecule has 6 heteroatoms. The molecule has 4 nitrogen and oxygen atoms in total. The number of carbonyl (C=O) groups excluding carboxylic acids is 1. The van der Waals surface area contributed by atoms with E-state index < -0.39 is 0 Å². The quantitative estimate of drug-likeness (QED) is 0.705. The van der Waals surface area contributed by atoms with Crippen LogP contribution in [0.25, 0.3) is 0 Å². The zero-order valence-corrected chi connectivity index (χ0v) is 15.7. The highest BCUT2D eigenvalue weighted by atomic mass is 79.9. The van der Waals surface area contributed by atoms with Crippen molar-refractivity contribution in [2.24, 2.45) is 0 Å². The van der Waals surface area contributed by atoms with E-state index in [-0.39, 0.29) is 31.4 Å². The Morgan fingerprint density at radius 1 is 1.24 bits per heavy atom. The lowest BCUT2D eigenvalue weighted by Crippen LogP contribution is -2.38. The number of nitrogens with zero attached hydrogens (tertiary/aromatic N) is 1. The van der Waals surface area contributed by atoms with E-state index in [1.807, 2.05) is 31.2 Å². The van der Waals surface area contributed by atoms with Crippen LogP contribution >= 0.6 is 15.9 Å². The monoisotopic (exact) mass is 408 g/mol. The summed E-state index contributed by atoms with van der Waals surface area (Å²) < 4.78 is 14.7. The molecule has 0 heterocycles. The van der Waals surface area contributed by atoms with E-state index in [2.05, 4.69) is 21.2 Å². The first-order valence-corrected chi connectivity index (χ1v) is 8.86. The third-order valence-corrected chi connectivity index (χ3v) is 4.29. The maximum atomic E-state index is 13.9. The third-order valence-electron chi connectivity index (χ3n) is 3.80. The third kappa shape index (κ3) is 6.57. The molecule has 0 fully saturated rings. The molecular formula is C19H22BrFN2O2. The fourth-order valence-electron chi connectivity index (χ4n) is 2.43. The van der Waals surface area contributed by atoms with Gasteiger partial charge < -0.3 is 10.4 Å². The van der Waals surface area contributed by atoms with Crippen LogP contribution in [0.2, 0.25) is 0 Å². The average molecular weight is 409 g/mol. The van der Waals surface area contributed by atoms with Crippen LogP contribution in [0, 0.1) is 12.7 Å². The Morgan fingerprint density at radius 3 is 2.64 bits per heavy atom. The van der Waals surface area contributed by atoms with Crippen molar-refractivity contribution in [3.8, 4) is 0 Å². The second kappa shape index (κ2) is 9.65. The van der Waals surface area contributed by atoms with Crippen LogP contribution in [0.3, 0.4) is 0 Å². The Morgan fingerprint density at radius 2 is 1.96 bits per heavy atom. The van der Waals surface area contributed by atoms with Gasteiger partial charge in [0.15, 0.2) is 0 Å². The van der Waals surface area contributed by atoms with Crippen molar-refractivity contribution in [3.05, 3.63) is 69.4 Å². The van der Waals surface area contributed by atoms with Crippen LogP contribution in [-0.4, -0.2) is 35.6 Å². The van der Waals surface area contributed by atoms with Crippen molar-refractivity contribution in [1.29, 1.82) is 0 Å². The summed E-state index contributed by atoms with van der Waals surface area (Å²) >= 11 is 3.32. The molecule has 0 saturated heterocycles. The summed E-state index contributed by atoms with van der Waals surface area (Å²) in [6, 6.07) is 12.6. The molecule has 2 N–H and O–H groups in total. The Balaban J connectivity index is 1.92. The number of benzene rings is 2. The highest BCUT2D eigenvalue weighted by Gasteiger charge is 2.13. The Labute approximate surface area is 155 Å². The van der Waals surface area contributed by atoms with E-state index in [0.717, 1.165) is 10.0 Å². The van der Waals surface area contributed by atoms with E-state index in [0.29, 0.717) is 18.7 Å². The van der Waals surface area contributed by atoms with Gasteiger partial charge in [-0.3, -0.25) is 9.69 Å². The number of aryl methyl sites for hydroxylation is 1. The van der Waals surface area contributed by atoms with Crippen molar-refractivity contribution in [2.75, 3.05) is 19.7 Å². The topological polar surface area (TPSA) is 52.6 Å². The van der Waals surface area contributed by atoms with Gasteiger partial charge in [-0.2, -0.15) is 0 Å². The zero-order chi connectivity index (χ0) is 18.2. The van der Waals surface area contributed by atoms with Gasteiger partial charge in [0.05, 0.1) is 13.2 Å². The van der Waals surface area contributed by atoms with Crippen LogP contribution in [0.1, 0.15) is 16.7 Å². The summed E-state index contributed by atoms with van der Waals surface area (Å²) in [6.07, 6.45) is 0. The predicted octanol–water partition coefficient (Wildman–Crippen LogP) is 3.01. The molecular weight excluding hydrogens is 387 g/mol. The molecule has 25 heavy (non-hydrogen) atoms. The normalized spacial score (nSPS) is 10.9. The van der Waals surface area contributed by atoms with E-state index in [1.165, 1.54) is 11.6 Å². The molecule has 2 aromatic carbocycles. The molecule has 1 amide bonds. The van der Waals surface area contributed by atoms with E-state index >= 15 is 0 Å². The number of carbonyl (C=O) groups is 1. The minimum absolute atomic E-state index is 0.0956. The summed E-state index contributed by atoms with van der Waals surface area (Å²) in [6.45, 7) is 3.00. The fraction of sp³-hybridized carbons (Fsp3) is 0.316. The second-order valence-corrected chi connectivity index (χ2v) is 6.85. The first-order valence-electron chi connectivity index (χ1n) is 8.07. The number of nitrogens with one attached hydrogen (secondary N) is 1. The summed E-state index contributed by atoms with van der Waals surface area (Å²) in [5.74, 6) is -0.490. The van der Waals surface area contributed by atoms with Gasteiger partial charge in [0.25, 0.3) is 0 Å². The zero-order valence-electron chi connectivity index (χ0n) is 14.1. The highest BCUT2D eigenvalue weighted by Crippen LogP contribution is 2.17. The van der Waals surface area contributed by atoms with Gasteiger partial charge >= 0.3 is 0 Å². The van der Waals surface area contributed by atoms with E-state index in [1.54, 1.807) is 17.0 Å². The number of amides is 1. The van der Waals surface area contributed by atoms with Crippen molar-refractivity contribution < 1.29 is 14.3 Å². The van der Waals surface area contributed by atoms with Gasteiger partial charge in [-0.05, 0) is 30.7 Å². The van der Waals surface area contributed by atoms with E-state index in [9.17, 15) is 14.3 Å². The molecule has 134 valence electrons. The lowest BCUT2D eigenvalue weighted by Gasteiger charge is -2.21. The van der Waals surface area contributed by atoms with Crippen LogP contribution in [0.4, 0.5) is 4.39 Å². The Kier molecular flexibility index (Phi) is 7.55. The molecule has 0 aliphatic carbocycles. The molecule has 0 unspecified atom stereocenters. The number of hydrogen-bond acceptors (Lipinski definition) is 3. The van der Waals surface area contributed by atoms with Crippen LogP contribution < -0.4 is 5.32 Å². The second-order valence-electron chi connectivity index (χ2n) is 5.93. The number of aliphatic hydroxyl groups is 1. The summed E-state index contributed by atoms with van der Waals surface area (Å²) in [5.41, 5.74) is 2.67. The Hall–Kier alpha value is -1.76. The average Bonchev–Trinajstić information content (AvgIpc) is 2.58. The number of halogens is 2. The van der Waals surface area contributed by atoms with Crippen LogP contribution in [0.5, 0.6) is 0 Å². The molecule has 0 radical (unpaired) electrons. The molecule has 0 atom stereocenters. The largest absolute Gasteiger partial charge is 0.395 e. The van der Waals surface area contributed by atoms with Gasteiger partial charge in [0.2, 0.25) is 5.91 Å². The number of hydrogen-bond donors (Lipinski definition) is 2. The van der Waals surface area contributed by atoms with Gasteiger partial charge in [0, 0.05) is 29.7 Å². The molecule has 0 saturated carbocycles. The highest BCUT2D eigenvalue weighted by molar-refractivity contribution is 9.10. The van der Waals surface area contributed by atoms with Crippen molar-refractivity contribution in [2.45, 2.75) is 20.0 Å². The fourth-order valence-corrected chi connectivity index (χ4v) is 2.83. The number of aliphatic hydroxyl groups excluding tert-OH is 1. The van der Waals surface area contributed by atoms with Gasteiger partial charge in [-0.15, -0.1) is 0 Å². The molecule has 0 bridgehead atoms. The molecule has 0 aromatic heterocycles. The first kappa shape index (κ1) is 19.6. The first-order chi connectivity index (χ1) is 12.0. The summed E-state index contributed by atoms with van der Waals surface area (Å²) in [4.78, 5) is 13.9.